The molecule has 4 aliphatic carbocycles. The van der Waals surface area contributed by atoms with Gasteiger partial charge in [0.15, 0.2) is 0 Å². The molecule has 3 fully saturated rings. The van der Waals surface area contributed by atoms with Gasteiger partial charge in [0, 0.05) is 22.5 Å². The van der Waals surface area contributed by atoms with Gasteiger partial charge >= 0.3 is 0 Å². The van der Waals surface area contributed by atoms with Crippen LogP contribution in [-0.4, -0.2) is 28.7 Å². The van der Waals surface area contributed by atoms with Crippen molar-refractivity contribution in [1.29, 1.82) is 0 Å². The first-order chi connectivity index (χ1) is 15.5. The average Bonchev–Trinajstić information content (AvgIpc) is 3.49. The molecule has 2 heterocycles. The molecule has 1 N–H and O–H groups in total. The summed E-state index contributed by atoms with van der Waals surface area (Å²) in [7, 11) is 0. The minimum absolute atomic E-state index is 0.155. The number of likely N-dealkylation sites (tertiary alicyclic amines) is 1. The topological polar surface area (TPSA) is 79.6 Å². The second-order valence-electron chi connectivity index (χ2n) is 9.68. The fraction of sp³-hybridized carbons (Fsp3) is 0.346. The number of nitrogens with one attached hydrogen (secondary N) is 1. The quantitative estimate of drug-likeness (QED) is 0.508. The van der Waals surface area contributed by atoms with Crippen LogP contribution in [0.25, 0.3) is 21.9 Å². The number of carbonyl (C=O) groups excluding carboxylic acids is 3. The van der Waals surface area contributed by atoms with E-state index in [4.69, 9.17) is 4.42 Å². The number of fused-ring (bicyclic) bond motifs is 3. The lowest BCUT2D eigenvalue weighted by molar-refractivity contribution is -0.146. The molecule has 0 radical (unpaired) electrons. The Morgan fingerprint density at radius 3 is 2.34 bits per heavy atom. The van der Waals surface area contributed by atoms with E-state index in [0.29, 0.717) is 23.1 Å². The lowest BCUT2D eigenvalue weighted by Gasteiger charge is -2.37. The van der Waals surface area contributed by atoms with E-state index in [-0.39, 0.29) is 41.4 Å². The molecule has 6 heteroatoms. The number of hydrogen-bond donors (Lipinski definition) is 1. The molecule has 0 unspecified atom stereocenters. The number of para-hydroxylation sites is 1. The van der Waals surface area contributed by atoms with E-state index in [1.54, 1.807) is 13.0 Å². The maximum Gasteiger partial charge on any atom is 0.247 e. The fourth-order valence-electron chi connectivity index (χ4n) is 6.53. The van der Waals surface area contributed by atoms with Crippen molar-refractivity contribution >= 4 is 45.3 Å². The standard InChI is InChI=1S/C26H22N2O4/c1-12(28-25(30)22-16-8-9-17(19-11-18(16)19)23(22)26(28)31)24(29)27-13-6-7-15-14-4-2-3-5-20(14)32-21(15)10-13/h2-10,12,16-19,22-23H,11H2,1H3,(H,27,29)/t12-,16+,17+,18-,19+,22-,23+/m1/s1. The molecule has 3 aromatic rings. The van der Waals surface area contributed by atoms with Crippen molar-refractivity contribution in [2.24, 2.45) is 35.5 Å². The molecule has 5 aliphatic rings. The average molecular weight is 426 g/mol. The number of anilines is 1. The number of carbonyl (C=O) groups is 3. The van der Waals surface area contributed by atoms with Gasteiger partial charge in [-0.2, -0.15) is 0 Å². The number of benzene rings is 2. The van der Waals surface area contributed by atoms with Crippen molar-refractivity contribution in [3.8, 4) is 0 Å². The summed E-state index contributed by atoms with van der Waals surface area (Å²) in [6.45, 7) is 1.64. The van der Waals surface area contributed by atoms with Crippen molar-refractivity contribution in [3.05, 3.63) is 54.6 Å². The minimum atomic E-state index is -0.859. The zero-order valence-corrected chi connectivity index (χ0v) is 17.5. The summed E-state index contributed by atoms with van der Waals surface area (Å²) in [5.41, 5.74) is 2.04. The molecule has 1 aliphatic heterocycles. The third-order valence-corrected chi connectivity index (χ3v) is 8.11. The van der Waals surface area contributed by atoms with E-state index in [0.717, 1.165) is 22.8 Å². The van der Waals surface area contributed by atoms with E-state index in [9.17, 15) is 14.4 Å². The Morgan fingerprint density at radius 1 is 0.969 bits per heavy atom. The van der Waals surface area contributed by atoms with E-state index in [2.05, 4.69) is 17.5 Å². The highest BCUT2D eigenvalue weighted by molar-refractivity contribution is 6.11. The lowest BCUT2D eigenvalue weighted by Crippen LogP contribution is -2.46. The maximum atomic E-state index is 13.3. The second-order valence-corrected chi connectivity index (χ2v) is 9.68. The Balaban J connectivity index is 1.15. The van der Waals surface area contributed by atoms with Crippen molar-refractivity contribution in [3.63, 3.8) is 0 Å². The third-order valence-electron chi connectivity index (χ3n) is 8.11. The van der Waals surface area contributed by atoms with Crippen LogP contribution in [0.15, 0.2) is 59.0 Å². The largest absolute Gasteiger partial charge is 0.456 e. The summed E-state index contributed by atoms with van der Waals surface area (Å²) in [5.74, 6) is 0.0906. The molecule has 7 atom stereocenters. The summed E-state index contributed by atoms with van der Waals surface area (Å²) in [4.78, 5) is 40.8. The summed E-state index contributed by atoms with van der Waals surface area (Å²) in [5, 5.41) is 4.87. The number of hydrogen-bond acceptors (Lipinski definition) is 4. The summed E-state index contributed by atoms with van der Waals surface area (Å²) in [6.07, 6.45) is 5.40. The molecule has 2 aromatic carbocycles. The summed E-state index contributed by atoms with van der Waals surface area (Å²) < 4.78 is 5.90. The van der Waals surface area contributed by atoms with Crippen LogP contribution in [0.1, 0.15) is 13.3 Å². The van der Waals surface area contributed by atoms with Crippen LogP contribution >= 0.6 is 0 Å². The van der Waals surface area contributed by atoms with Gasteiger partial charge in [0.05, 0.1) is 11.8 Å². The van der Waals surface area contributed by atoms with Crippen LogP contribution < -0.4 is 5.32 Å². The zero-order chi connectivity index (χ0) is 21.7. The Morgan fingerprint density at radius 2 is 1.62 bits per heavy atom. The van der Waals surface area contributed by atoms with E-state index >= 15 is 0 Å². The van der Waals surface area contributed by atoms with Crippen LogP contribution in [0.3, 0.4) is 0 Å². The monoisotopic (exact) mass is 426 g/mol. The molecule has 1 aromatic heterocycles. The Bertz CT molecular complexity index is 1330. The number of allylic oxidation sites excluding steroid dienone is 2. The van der Waals surface area contributed by atoms with Gasteiger partial charge in [-0.25, -0.2) is 0 Å². The Labute approximate surface area is 184 Å². The predicted octanol–water partition coefficient (Wildman–Crippen LogP) is 3.97. The summed E-state index contributed by atoms with van der Waals surface area (Å²) in [6, 6.07) is 12.4. The first-order valence-corrected chi connectivity index (χ1v) is 11.3. The van der Waals surface area contributed by atoms with E-state index < -0.39 is 6.04 Å². The highest BCUT2D eigenvalue weighted by Gasteiger charge is 2.67. The first kappa shape index (κ1) is 18.2. The van der Waals surface area contributed by atoms with Crippen LogP contribution in [0, 0.1) is 35.5 Å². The predicted molar refractivity (Wildman–Crippen MR) is 118 cm³/mol. The van der Waals surface area contributed by atoms with Gasteiger partial charge in [0.1, 0.15) is 17.2 Å². The molecular weight excluding hydrogens is 404 g/mol. The number of imide groups is 1. The van der Waals surface area contributed by atoms with Gasteiger partial charge in [0.2, 0.25) is 17.7 Å². The fourth-order valence-corrected chi connectivity index (χ4v) is 6.53. The van der Waals surface area contributed by atoms with Crippen molar-refractivity contribution in [1.82, 2.24) is 4.90 Å². The second kappa shape index (κ2) is 6.09. The van der Waals surface area contributed by atoms with Crippen LogP contribution in [0.4, 0.5) is 5.69 Å². The van der Waals surface area contributed by atoms with Gasteiger partial charge in [-0.1, -0.05) is 30.4 Å². The molecule has 32 heavy (non-hydrogen) atoms. The number of amides is 3. The van der Waals surface area contributed by atoms with E-state index in [1.165, 1.54) is 4.90 Å². The Kier molecular flexibility index (Phi) is 3.46. The van der Waals surface area contributed by atoms with Gasteiger partial charge in [-0.15, -0.1) is 0 Å². The summed E-state index contributed by atoms with van der Waals surface area (Å²) >= 11 is 0. The van der Waals surface area contributed by atoms with Crippen LogP contribution in [0.5, 0.6) is 0 Å². The van der Waals surface area contributed by atoms with Crippen molar-refractivity contribution < 1.29 is 18.8 Å². The third kappa shape index (κ3) is 2.27. The molecule has 0 spiro atoms. The van der Waals surface area contributed by atoms with E-state index in [1.807, 2.05) is 36.4 Å². The SMILES string of the molecule is C[C@H](C(=O)Nc1ccc2c(c1)oc1ccccc12)N1C(=O)[C@@H]2[C@H]3C=C[C@@H]([C@@H]4C[C@H]34)[C@@H]2C1=O. The van der Waals surface area contributed by atoms with Gasteiger partial charge in [-0.3, -0.25) is 19.3 Å². The van der Waals surface area contributed by atoms with Crippen LogP contribution in [-0.2, 0) is 14.4 Å². The molecule has 8 rings (SSSR count). The smallest absolute Gasteiger partial charge is 0.247 e. The normalized spacial score (nSPS) is 33.0. The highest BCUT2D eigenvalue weighted by Crippen LogP contribution is 2.65. The van der Waals surface area contributed by atoms with Crippen LogP contribution in [0.2, 0.25) is 0 Å². The van der Waals surface area contributed by atoms with Crippen molar-refractivity contribution in [2.75, 3.05) is 5.32 Å². The lowest BCUT2D eigenvalue weighted by atomic mass is 9.63. The molecule has 1 saturated heterocycles. The first-order valence-electron chi connectivity index (χ1n) is 11.3. The zero-order valence-electron chi connectivity index (χ0n) is 17.5. The number of furan rings is 1. The molecule has 6 nitrogen and oxygen atoms in total. The number of rotatable bonds is 3. The van der Waals surface area contributed by atoms with Gasteiger partial charge in [-0.05, 0) is 55.2 Å². The molecule has 160 valence electrons. The molecule has 2 bridgehead atoms. The minimum Gasteiger partial charge on any atom is -0.456 e. The van der Waals surface area contributed by atoms with Crippen molar-refractivity contribution in [2.45, 2.75) is 19.4 Å². The molecule has 3 amide bonds. The highest BCUT2D eigenvalue weighted by atomic mass is 16.3. The molecule has 2 saturated carbocycles. The Hall–Kier alpha value is -3.41. The molecular formula is C26H22N2O4. The number of nitrogens with zero attached hydrogens (tertiary/aromatic N) is 1. The van der Waals surface area contributed by atoms with Gasteiger partial charge < -0.3 is 9.73 Å². The maximum absolute atomic E-state index is 13.3. The van der Waals surface area contributed by atoms with Gasteiger partial charge in [0.25, 0.3) is 0 Å².